The summed E-state index contributed by atoms with van der Waals surface area (Å²) in [6.45, 7) is 0.735. The van der Waals surface area contributed by atoms with E-state index in [0.29, 0.717) is 6.04 Å². The Hall–Kier alpha value is -2.67. The number of nitrogens with zero attached hydrogens (tertiary/aromatic N) is 5. The minimum absolute atomic E-state index is 0.487. The van der Waals surface area contributed by atoms with Crippen LogP contribution in [-0.2, 0) is 6.54 Å². The van der Waals surface area contributed by atoms with Gasteiger partial charge in [-0.3, -0.25) is 4.98 Å². The molecule has 0 unspecified atom stereocenters. The molecule has 0 bridgehead atoms. The van der Waals surface area contributed by atoms with Gasteiger partial charge < -0.3 is 13.9 Å². The summed E-state index contributed by atoms with van der Waals surface area (Å²) in [5.41, 5.74) is 4.13. The van der Waals surface area contributed by atoms with E-state index < -0.39 is 0 Å². The third-order valence-electron chi connectivity index (χ3n) is 4.83. The topological polar surface area (TPSA) is 57.8 Å². The summed E-state index contributed by atoms with van der Waals surface area (Å²) in [7, 11) is 1.68. The van der Waals surface area contributed by atoms with E-state index in [-0.39, 0.29) is 0 Å². The third kappa shape index (κ3) is 3.02. The number of fused-ring (bicyclic) bond motifs is 1. The van der Waals surface area contributed by atoms with Gasteiger partial charge in [-0.2, -0.15) is 0 Å². The van der Waals surface area contributed by atoms with Crippen LogP contribution in [0.4, 0.5) is 0 Å². The molecule has 7 heteroatoms. The van der Waals surface area contributed by atoms with E-state index >= 15 is 0 Å². The number of pyridine rings is 1. The standard InChI is InChI=1S/C20H18BrN5O/c1-27-18-8-15(21)7-17-19(18)24-20(26(17)16-2-3-16)14-6-13(9-23-10-14)11-25-5-4-22-12-25/h4-10,12,16H,2-3,11H2,1H3. The van der Waals surface area contributed by atoms with Crippen LogP contribution in [0.2, 0.25) is 0 Å². The van der Waals surface area contributed by atoms with Crippen molar-refractivity contribution in [2.75, 3.05) is 7.11 Å². The predicted molar refractivity (Wildman–Crippen MR) is 107 cm³/mol. The number of benzene rings is 1. The smallest absolute Gasteiger partial charge is 0.147 e. The highest BCUT2D eigenvalue weighted by Gasteiger charge is 2.30. The van der Waals surface area contributed by atoms with Crippen LogP contribution in [0.3, 0.4) is 0 Å². The maximum atomic E-state index is 5.57. The van der Waals surface area contributed by atoms with Crippen molar-refractivity contribution < 1.29 is 4.74 Å². The Bertz CT molecular complexity index is 1120. The van der Waals surface area contributed by atoms with Crippen molar-refractivity contribution in [3.8, 4) is 17.1 Å². The maximum Gasteiger partial charge on any atom is 0.147 e. The zero-order chi connectivity index (χ0) is 18.4. The fourth-order valence-electron chi connectivity index (χ4n) is 3.48. The number of hydrogen-bond donors (Lipinski definition) is 0. The lowest BCUT2D eigenvalue weighted by Crippen LogP contribution is -2.00. The molecule has 5 rings (SSSR count). The van der Waals surface area contributed by atoms with Crippen molar-refractivity contribution in [3.63, 3.8) is 0 Å². The number of rotatable bonds is 5. The van der Waals surface area contributed by atoms with Crippen LogP contribution in [0.5, 0.6) is 5.75 Å². The van der Waals surface area contributed by atoms with Crippen molar-refractivity contribution in [1.29, 1.82) is 0 Å². The number of imidazole rings is 2. The van der Waals surface area contributed by atoms with Crippen LogP contribution in [-0.4, -0.2) is 31.2 Å². The molecular weight excluding hydrogens is 406 g/mol. The van der Waals surface area contributed by atoms with E-state index in [1.807, 2.05) is 35.6 Å². The van der Waals surface area contributed by atoms with Crippen molar-refractivity contribution in [1.82, 2.24) is 24.1 Å². The number of halogens is 1. The monoisotopic (exact) mass is 423 g/mol. The van der Waals surface area contributed by atoms with E-state index in [9.17, 15) is 0 Å². The Morgan fingerprint density at radius 1 is 1.19 bits per heavy atom. The summed E-state index contributed by atoms with van der Waals surface area (Å²) in [6.07, 6.45) is 11.7. The second kappa shape index (κ2) is 6.49. The first-order valence-electron chi connectivity index (χ1n) is 8.88. The Kier molecular flexibility index (Phi) is 3.97. The second-order valence-corrected chi connectivity index (χ2v) is 7.74. The van der Waals surface area contributed by atoms with Gasteiger partial charge in [-0.15, -0.1) is 0 Å². The highest BCUT2D eigenvalue weighted by atomic mass is 79.9. The molecule has 6 nitrogen and oxygen atoms in total. The van der Waals surface area contributed by atoms with Gasteiger partial charge in [0.25, 0.3) is 0 Å². The number of hydrogen-bond acceptors (Lipinski definition) is 4. The van der Waals surface area contributed by atoms with E-state index in [2.05, 4.69) is 42.6 Å². The van der Waals surface area contributed by atoms with Gasteiger partial charge >= 0.3 is 0 Å². The van der Waals surface area contributed by atoms with E-state index in [4.69, 9.17) is 9.72 Å². The fraction of sp³-hybridized carbons (Fsp3) is 0.250. The van der Waals surface area contributed by atoms with Crippen molar-refractivity contribution in [2.24, 2.45) is 0 Å². The van der Waals surface area contributed by atoms with Gasteiger partial charge in [0.05, 0.1) is 25.5 Å². The number of aromatic nitrogens is 5. The van der Waals surface area contributed by atoms with Gasteiger partial charge in [0.2, 0.25) is 0 Å². The average molecular weight is 424 g/mol. The highest BCUT2D eigenvalue weighted by molar-refractivity contribution is 9.10. The number of ether oxygens (including phenoxy) is 1. The minimum Gasteiger partial charge on any atom is -0.494 e. The molecule has 1 aliphatic rings. The highest BCUT2D eigenvalue weighted by Crippen LogP contribution is 2.43. The van der Waals surface area contributed by atoms with Crippen molar-refractivity contribution in [2.45, 2.75) is 25.4 Å². The molecule has 0 spiro atoms. The lowest BCUT2D eigenvalue weighted by Gasteiger charge is -2.09. The molecular formula is C20H18BrN5O. The first-order chi connectivity index (χ1) is 13.2. The van der Waals surface area contributed by atoms with Gasteiger partial charge in [0.15, 0.2) is 0 Å². The summed E-state index contributed by atoms with van der Waals surface area (Å²) in [5.74, 6) is 1.73. The molecule has 0 atom stereocenters. The molecule has 4 aromatic rings. The zero-order valence-electron chi connectivity index (χ0n) is 14.8. The largest absolute Gasteiger partial charge is 0.494 e. The Morgan fingerprint density at radius 2 is 2.07 bits per heavy atom. The molecule has 0 amide bonds. The average Bonchev–Trinajstić information content (AvgIpc) is 3.24. The summed E-state index contributed by atoms with van der Waals surface area (Å²) in [5, 5.41) is 0. The molecule has 1 saturated carbocycles. The molecule has 27 heavy (non-hydrogen) atoms. The SMILES string of the molecule is COc1cc(Br)cc2c1nc(-c1cncc(Cn3ccnc3)c1)n2C1CC1. The van der Waals surface area contributed by atoms with Gasteiger partial charge in [-0.1, -0.05) is 15.9 Å². The van der Waals surface area contributed by atoms with Crippen molar-refractivity contribution in [3.05, 3.63) is 59.3 Å². The van der Waals surface area contributed by atoms with Crippen LogP contribution in [0.1, 0.15) is 24.4 Å². The van der Waals surface area contributed by atoms with Crippen LogP contribution in [0.15, 0.2) is 53.8 Å². The Labute approximate surface area is 165 Å². The summed E-state index contributed by atoms with van der Waals surface area (Å²) in [4.78, 5) is 13.5. The van der Waals surface area contributed by atoms with E-state index in [1.54, 1.807) is 13.3 Å². The van der Waals surface area contributed by atoms with Crippen molar-refractivity contribution >= 4 is 27.0 Å². The molecule has 0 saturated heterocycles. The predicted octanol–water partition coefficient (Wildman–Crippen LogP) is 4.45. The van der Waals surface area contributed by atoms with Gasteiger partial charge in [0, 0.05) is 40.9 Å². The normalized spacial score (nSPS) is 14.0. The fourth-order valence-corrected chi connectivity index (χ4v) is 3.90. The lowest BCUT2D eigenvalue weighted by atomic mass is 10.2. The Balaban J connectivity index is 1.65. The lowest BCUT2D eigenvalue weighted by molar-refractivity contribution is 0.418. The molecule has 0 radical (unpaired) electrons. The molecule has 0 N–H and O–H groups in total. The van der Waals surface area contributed by atoms with Crippen LogP contribution >= 0.6 is 15.9 Å². The summed E-state index contributed by atoms with van der Waals surface area (Å²) < 4.78 is 10.9. The first-order valence-corrected chi connectivity index (χ1v) is 9.68. The molecule has 1 aliphatic carbocycles. The summed E-state index contributed by atoms with van der Waals surface area (Å²) in [6, 6.07) is 6.73. The maximum absolute atomic E-state index is 5.57. The van der Waals surface area contributed by atoms with Crippen LogP contribution in [0, 0.1) is 0 Å². The first kappa shape index (κ1) is 16.5. The van der Waals surface area contributed by atoms with Gasteiger partial charge in [-0.25, -0.2) is 9.97 Å². The second-order valence-electron chi connectivity index (χ2n) is 6.83. The van der Waals surface area contributed by atoms with Gasteiger partial charge in [0.1, 0.15) is 17.1 Å². The summed E-state index contributed by atoms with van der Waals surface area (Å²) >= 11 is 3.60. The Morgan fingerprint density at radius 3 is 2.81 bits per heavy atom. The molecule has 3 heterocycles. The van der Waals surface area contributed by atoms with Gasteiger partial charge in [-0.05, 0) is 36.6 Å². The zero-order valence-corrected chi connectivity index (χ0v) is 16.4. The molecule has 1 aromatic carbocycles. The molecule has 3 aromatic heterocycles. The molecule has 0 aliphatic heterocycles. The van der Waals surface area contributed by atoms with Crippen LogP contribution in [0.25, 0.3) is 22.4 Å². The van der Waals surface area contributed by atoms with E-state index in [0.717, 1.165) is 44.8 Å². The third-order valence-corrected chi connectivity index (χ3v) is 5.29. The molecule has 1 fully saturated rings. The molecule has 136 valence electrons. The minimum atomic E-state index is 0.487. The van der Waals surface area contributed by atoms with Crippen LogP contribution < -0.4 is 4.74 Å². The quantitative estimate of drug-likeness (QED) is 0.475. The van der Waals surface area contributed by atoms with E-state index in [1.165, 1.54) is 12.8 Å². The number of methoxy groups -OCH3 is 1.